The van der Waals surface area contributed by atoms with Crippen LogP contribution in [0, 0.1) is 17.2 Å². The number of rotatable bonds is 4. The Morgan fingerprint density at radius 1 is 1.40 bits per heavy atom. The van der Waals surface area contributed by atoms with Gasteiger partial charge in [0, 0.05) is 6.54 Å². The second-order valence-corrected chi connectivity index (χ2v) is 5.24. The standard InChI is InChI=1S/C16H20N2O2/c17-11-14(10-13-6-2-1-3-7-13)16(20)18-9-5-4-8-15(18)12-19/h1-3,6-7,14-15,19H,4-5,8-10,12H2. The fraction of sp³-hybridized carbons (Fsp3) is 0.500. The second-order valence-electron chi connectivity index (χ2n) is 5.24. The van der Waals surface area contributed by atoms with E-state index < -0.39 is 5.92 Å². The number of piperidine rings is 1. The molecule has 0 radical (unpaired) electrons. The Kier molecular flexibility index (Phi) is 5.14. The Balaban J connectivity index is 2.07. The molecular weight excluding hydrogens is 252 g/mol. The molecular formula is C16H20N2O2. The van der Waals surface area contributed by atoms with Crippen LogP contribution in [0.3, 0.4) is 0 Å². The van der Waals surface area contributed by atoms with E-state index in [1.807, 2.05) is 30.3 Å². The largest absolute Gasteiger partial charge is 0.394 e. The summed E-state index contributed by atoms with van der Waals surface area (Å²) in [6.07, 6.45) is 3.24. The maximum atomic E-state index is 12.5. The molecule has 0 aliphatic carbocycles. The van der Waals surface area contributed by atoms with Crippen molar-refractivity contribution in [2.45, 2.75) is 31.7 Å². The highest BCUT2D eigenvalue weighted by Gasteiger charge is 2.31. The van der Waals surface area contributed by atoms with Crippen LogP contribution in [-0.2, 0) is 11.2 Å². The van der Waals surface area contributed by atoms with Crippen molar-refractivity contribution in [1.82, 2.24) is 4.90 Å². The lowest BCUT2D eigenvalue weighted by molar-refractivity contribution is -0.138. The van der Waals surface area contributed by atoms with Gasteiger partial charge < -0.3 is 10.0 Å². The summed E-state index contributed by atoms with van der Waals surface area (Å²) < 4.78 is 0. The molecule has 1 aliphatic heterocycles. The average Bonchev–Trinajstić information content (AvgIpc) is 2.53. The minimum absolute atomic E-state index is 0.0186. The quantitative estimate of drug-likeness (QED) is 0.908. The van der Waals surface area contributed by atoms with E-state index in [1.54, 1.807) is 4.90 Å². The minimum atomic E-state index is -0.662. The number of carbonyl (C=O) groups is 1. The highest BCUT2D eigenvalue weighted by Crippen LogP contribution is 2.20. The van der Waals surface area contributed by atoms with Gasteiger partial charge in [-0.05, 0) is 31.2 Å². The number of likely N-dealkylation sites (tertiary alicyclic amines) is 1. The fourth-order valence-corrected chi connectivity index (χ4v) is 2.72. The number of nitriles is 1. The van der Waals surface area contributed by atoms with Crippen molar-refractivity contribution in [2.24, 2.45) is 5.92 Å². The molecule has 0 bridgehead atoms. The van der Waals surface area contributed by atoms with Crippen LogP contribution in [0.2, 0.25) is 0 Å². The molecule has 20 heavy (non-hydrogen) atoms. The fourth-order valence-electron chi connectivity index (χ4n) is 2.72. The molecule has 1 N–H and O–H groups in total. The van der Waals surface area contributed by atoms with Gasteiger partial charge in [-0.2, -0.15) is 5.26 Å². The van der Waals surface area contributed by atoms with Crippen LogP contribution in [-0.4, -0.2) is 35.1 Å². The summed E-state index contributed by atoms with van der Waals surface area (Å²) in [7, 11) is 0. The number of carbonyl (C=O) groups excluding carboxylic acids is 1. The maximum Gasteiger partial charge on any atom is 0.240 e. The predicted molar refractivity (Wildman–Crippen MR) is 75.7 cm³/mol. The highest BCUT2D eigenvalue weighted by atomic mass is 16.3. The van der Waals surface area contributed by atoms with Crippen molar-refractivity contribution in [1.29, 1.82) is 5.26 Å². The third-order valence-electron chi connectivity index (χ3n) is 3.86. The molecule has 0 saturated carbocycles. The van der Waals surface area contributed by atoms with Gasteiger partial charge in [0.05, 0.1) is 18.7 Å². The van der Waals surface area contributed by atoms with Crippen molar-refractivity contribution >= 4 is 5.91 Å². The van der Waals surface area contributed by atoms with Crippen LogP contribution in [0.1, 0.15) is 24.8 Å². The molecule has 0 aromatic heterocycles. The first-order chi connectivity index (χ1) is 9.76. The van der Waals surface area contributed by atoms with Crippen molar-refractivity contribution in [3.63, 3.8) is 0 Å². The van der Waals surface area contributed by atoms with E-state index in [4.69, 9.17) is 0 Å². The predicted octanol–water partition coefficient (Wildman–Crippen LogP) is 1.74. The van der Waals surface area contributed by atoms with Gasteiger partial charge in [0.2, 0.25) is 5.91 Å². The normalized spacial score (nSPS) is 20.2. The van der Waals surface area contributed by atoms with Gasteiger partial charge in [-0.1, -0.05) is 30.3 Å². The van der Waals surface area contributed by atoms with E-state index in [1.165, 1.54) is 0 Å². The van der Waals surface area contributed by atoms with Crippen molar-refractivity contribution in [2.75, 3.05) is 13.2 Å². The van der Waals surface area contributed by atoms with Gasteiger partial charge in [0.25, 0.3) is 0 Å². The number of aliphatic hydroxyl groups is 1. The van der Waals surface area contributed by atoms with Gasteiger partial charge in [-0.25, -0.2) is 0 Å². The lowest BCUT2D eigenvalue weighted by Gasteiger charge is -2.35. The Bertz CT molecular complexity index is 481. The van der Waals surface area contributed by atoms with E-state index >= 15 is 0 Å². The minimum Gasteiger partial charge on any atom is -0.394 e. The molecule has 4 heteroatoms. The summed E-state index contributed by atoms with van der Waals surface area (Å²) in [6, 6.07) is 11.6. The zero-order valence-corrected chi connectivity index (χ0v) is 11.5. The number of amides is 1. The molecule has 2 unspecified atom stereocenters. The van der Waals surface area contributed by atoms with Crippen LogP contribution in [0.5, 0.6) is 0 Å². The van der Waals surface area contributed by atoms with E-state index in [-0.39, 0.29) is 18.6 Å². The topological polar surface area (TPSA) is 64.3 Å². The van der Waals surface area contributed by atoms with E-state index in [2.05, 4.69) is 6.07 Å². The zero-order valence-electron chi connectivity index (χ0n) is 11.5. The molecule has 1 heterocycles. The Labute approximate surface area is 119 Å². The molecule has 1 aromatic carbocycles. The van der Waals surface area contributed by atoms with Crippen LogP contribution in [0.15, 0.2) is 30.3 Å². The van der Waals surface area contributed by atoms with Crippen molar-refractivity contribution in [3.8, 4) is 6.07 Å². The van der Waals surface area contributed by atoms with Crippen molar-refractivity contribution < 1.29 is 9.90 Å². The van der Waals surface area contributed by atoms with Crippen LogP contribution >= 0.6 is 0 Å². The summed E-state index contributed by atoms with van der Waals surface area (Å²) in [6.45, 7) is 0.631. The van der Waals surface area contributed by atoms with E-state index in [9.17, 15) is 15.2 Å². The van der Waals surface area contributed by atoms with E-state index in [0.717, 1.165) is 24.8 Å². The summed E-state index contributed by atoms with van der Waals surface area (Å²) in [5.74, 6) is -0.806. The Morgan fingerprint density at radius 2 is 2.15 bits per heavy atom. The first kappa shape index (κ1) is 14.5. The average molecular weight is 272 g/mol. The van der Waals surface area contributed by atoms with Crippen LogP contribution in [0.4, 0.5) is 0 Å². The van der Waals surface area contributed by atoms with Crippen LogP contribution in [0.25, 0.3) is 0 Å². The van der Waals surface area contributed by atoms with E-state index in [0.29, 0.717) is 13.0 Å². The molecule has 1 aliphatic rings. The Morgan fingerprint density at radius 3 is 2.80 bits per heavy atom. The molecule has 1 saturated heterocycles. The van der Waals surface area contributed by atoms with Gasteiger partial charge in [-0.15, -0.1) is 0 Å². The number of hydrogen-bond donors (Lipinski definition) is 1. The molecule has 4 nitrogen and oxygen atoms in total. The summed E-state index contributed by atoms with van der Waals surface area (Å²) in [5.41, 5.74) is 0.991. The first-order valence-corrected chi connectivity index (χ1v) is 7.11. The first-order valence-electron chi connectivity index (χ1n) is 7.11. The molecule has 2 rings (SSSR count). The molecule has 106 valence electrons. The smallest absolute Gasteiger partial charge is 0.240 e. The molecule has 1 fully saturated rings. The number of aliphatic hydroxyl groups excluding tert-OH is 1. The zero-order chi connectivity index (χ0) is 14.4. The summed E-state index contributed by atoms with van der Waals surface area (Å²) in [4.78, 5) is 14.2. The monoisotopic (exact) mass is 272 g/mol. The van der Waals surface area contributed by atoms with Gasteiger partial charge >= 0.3 is 0 Å². The van der Waals surface area contributed by atoms with Gasteiger partial charge in [0.15, 0.2) is 0 Å². The van der Waals surface area contributed by atoms with Gasteiger partial charge in [-0.3, -0.25) is 4.79 Å². The number of nitrogens with zero attached hydrogens (tertiary/aromatic N) is 2. The molecule has 1 aromatic rings. The second kappa shape index (κ2) is 7.06. The molecule has 0 spiro atoms. The summed E-state index contributed by atoms with van der Waals surface area (Å²) in [5, 5.41) is 18.7. The van der Waals surface area contributed by atoms with Gasteiger partial charge in [0.1, 0.15) is 5.92 Å². The highest BCUT2D eigenvalue weighted by molar-refractivity contribution is 5.82. The van der Waals surface area contributed by atoms with Crippen LogP contribution < -0.4 is 0 Å². The maximum absolute atomic E-state index is 12.5. The third kappa shape index (κ3) is 3.37. The molecule has 1 amide bonds. The summed E-state index contributed by atoms with van der Waals surface area (Å²) >= 11 is 0. The number of benzene rings is 1. The van der Waals surface area contributed by atoms with Crippen molar-refractivity contribution in [3.05, 3.63) is 35.9 Å². The Hall–Kier alpha value is -1.86. The molecule has 2 atom stereocenters. The lowest BCUT2D eigenvalue weighted by atomic mass is 9.96. The lowest BCUT2D eigenvalue weighted by Crippen LogP contribution is -2.48. The third-order valence-corrected chi connectivity index (χ3v) is 3.86. The SMILES string of the molecule is N#CC(Cc1ccccc1)C(=O)N1CCCCC1CO. The number of hydrogen-bond acceptors (Lipinski definition) is 3.